The molecule has 3 heteroatoms. The second-order valence-corrected chi connectivity index (χ2v) is 4.00. The van der Waals surface area contributed by atoms with E-state index in [1.54, 1.807) is 18.4 Å². The van der Waals surface area contributed by atoms with E-state index in [0.717, 1.165) is 5.56 Å². The molecule has 1 rings (SSSR count). The molecule has 0 spiro atoms. The van der Waals surface area contributed by atoms with Crippen LogP contribution in [0.15, 0.2) is 30.5 Å². The molecule has 0 fully saturated rings. The second kappa shape index (κ2) is 6.42. The van der Waals surface area contributed by atoms with E-state index < -0.39 is 12.2 Å². The van der Waals surface area contributed by atoms with Crippen molar-refractivity contribution in [3.05, 3.63) is 41.7 Å². The molecule has 0 aromatic heterocycles. The lowest BCUT2D eigenvalue weighted by atomic mass is 9.99. The molecule has 3 nitrogen and oxygen atoms in total. The Balaban J connectivity index is 3.09. The Morgan fingerprint density at radius 3 is 2.65 bits per heavy atom. The highest BCUT2D eigenvalue weighted by molar-refractivity contribution is 5.42. The van der Waals surface area contributed by atoms with Crippen LogP contribution in [0, 0.1) is 6.92 Å². The smallest absolute Gasteiger partial charge is 0.135 e. The molecule has 0 heterocycles. The van der Waals surface area contributed by atoms with Crippen LogP contribution in [-0.2, 0) is 0 Å². The minimum Gasteiger partial charge on any atom is -0.465 e. The van der Waals surface area contributed by atoms with Gasteiger partial charge in [-0.15, -0.1) is 0 Å². The number of ether oxygens (including phenoxy) is 1. The highest BCUT2D eigenvalue weighted by Crippen LogP contribution is 2.31. The molecular weight excluding hydrogens is 216 g/mol. The summed E-state index contributed by atoms with van der Waals surface area (Å²) in [6.07, 6.45) is 2.15. The van der Waals surface area contributed by atoms with Gasteiger partial charge in [0.2, 0.25) is 0 Å². The monoisotopic (exact) mass is 236 g/mol. The molecule has 0 saturated heterocycles. The highest BCUT2D eigenvalue weighted by Gasteiger charge is 2.21. The van der Waals surface area contributed by atoms with E-state index in [1.165, 1.54) is 0 Å². The van der Waals surface area contributed by atoms with Crippen molar-refractivity contribution in [2.75, 3.05) is 0 Å². The van der Waals surface area contributed by atoms with Gasteiger partial charge in [-0.3, -0.25) is 0 Å². The van der Waals surface area contributed by atoms with Crippen LogP contribution in [0.2, 0.25) is 0 Å². The normalized spacial score (nSPS) is 14.9. The molecule has 0 saturated carbocycles. The Labute approximate surface area is 102 Å². The number of benzene rings is 1. The van der Waals surface area contributed by atoms with Crippen LogP contribution in [-0.4, -0.2) is 16.3 Å². The first kappa shape index (κ1) is 13.7. The SMILES string of the molecule is CC=COc1c(C)cccc1C(O)C(O)CC. The zero-order valence-electron chi connectivity index (χ0n) is 10.6. The molecule has 1 aromatic carbocycles. The Morgan fingerprint density at radius 2 is 2.06 bits per heavy atom. The van der Waals surface area contributed by atoms with E-state index in [0.29, 0.717) is 17.7 Å². The number of hydrogen-bond acceptors (Lipinski definition) is 3. The van der Waals surface area contributed by atoms with Crippen LogP contribution < -0.4 is 4.74 Å². The Morgan fingerprint density at radius 1 is 1.35 bits per heavy atom. The van der Waals surface area contributed by atoms with Crippen molar-refractivity contribution in [1.82, 2.24) is 0 Å². The third-order valence-corrected chi connectivity index (χ3v) is 2.67. The van der Waals surface area contributed by atoms with Crippen molar-refractivity contribution in [1.29, 1.82) is 0 Å². The van der Waals surface area contributed by atoms with Crippen molar-refractivity contribution in [2.24, 2.45) is 0 Å². The van der Waals surface area contributed by atoms with Crippen molar-refractivity contribution in [2.45, 2.75) is 39.4 Å². The lowest BCUT2D eigenvalue weighted by Gasteiger charge is -2.20. The molecule has 0 amide bonds. The largest absolute Gasteiger partial charge is 0.465 e. The number of rotatable bonds is 5. The predicted molar refractivity (Wildman–Crippen MR) is 67.9 cm³/mol. The third-order valence-electron chi connectivity index (χ3n) is 2.67. The number of para-hydroxylation sites is 1. The lowest BCUT2D eigenvalue weighted by molar-refractivity contribution is 0.0153. The molecule has 0 bridgehead atoms. The number of allylic oxidation sites excluding steroid dienone is 1. The molecule has 0 aliphatic carbocycles. The molecule has 1 aromatic rings. The van der Waals surface area contributed by atoms with E-state index in [-0.39, 0.29) is 0 Å². The molecule has 0 aliphatic heterocycles. The van der Waals surface area contributed by atoms with Gasteiger partial charge in [-0.25, -0.2) is 0 Å². The summed E-state index contributed by atoms with van der Waals surface area (Å²) in [4.78, 5) is 0. The molecular formula is C14H20O3. The van der Waals surface area contributed by atoms with Gasteiger partial charge in [-0.1, -0.05) is 31.2 Å². The maximum atomic E-state index is 10.0. The fourth-order valence-electron chi connectivity index (χ4n) is 1.64. The van der Waals surface area contributed by atoms with E-state index >= 15 is 0 Å². The average molecular weight is 236 g/mol. The minimum atomic E-state index is -0.917. The molecule has 0 aliphatic rings. The summed E-state index contributed by atoms with van der Waals surface area (Å²) in [5, 5.41) is 19.7. The second-order valence-electron chi connectivity index (χ2n) is 4.00. The maximum absolute atomic E-state index is 10.0. The van der Waals surface area contributed by atoms with Gasteiger partial charge < -0.3 is 14.9 Å². The highest BCUT2D eigenvalue weighted by atomic mass is 16.5. The fourth-order valence-corrected chi connectivity index (χ4v) is 1.64. The topological polar surface area (TPSA) is 49.7 Å². The minimum absolute atomic E-state index is 0.498. The number of aliphatic hydroxyl groups is 2. The van der Waals surface area contributed by atoms with Crippen LogP contribution in [0.5, 0.6) is 5.75 Å². The van der Waals surface area contributed by atoms with Gasteiger partial charge in [0.05, 0.1) is 12.4 Å². The van der Waals surface area contributed by atoms with Crippen molar-refractivity contribution < 1.29 is 14.9 Å². The first-order valence-electron chi connectivity index (χ1n) is 5.85. The van der Waals surface area contributed by atoms with Crippen LogP contribution in [0.4, 0.5) is 0 Å². The predicted octanol–water partition coefficient (Wildman–Crippen LogP) is 2.71. The van der Waals surface area contributed by atoms with Gasteiger partial charge in [-0.05, 0) is 25.8 Å². The van der Waals surface area contributed by atoms with E-state index in [9.17, 15) is 10.2 Å². The van der Waals surface area contributed by atoms with Crippen LogP contribution >= 0.6 is 0 Å². The average Bonchev–Trinajstić information content (AvgIpc) is 2.35. The first-order chi connectivity index (χ1) is 8.11. The fraction of sp³-hybridized carbons (Fsp3) is 0.429. The Hall–Kier alpha value is -1.32. The van der Waals surface area contributed by atoms with Crippen molar-refractivity contribution in [3.63, 3.8) is 0 Å². The summed E-state index contributed by atoms with van der Waals surface area (Å²) >= 11 is 0. The third kappa shape index (κ3) is 3.32. The Kier molecular flexibility index (Phi) is 5.19. The summed E-state index contributed by atoms with van der Waals surface area (Å²) in [5.41, 5.74) is 1.56. The quantitative estimate of drug-likeness (QED) is 0.773. The van der Waals surface area contributed by atoms with Gasteiger partial charge in [-0.2, -0.15) is 0 Å². The standard InChI is InChI=1S/C14H20O3/c1-4-9-17-14-10(3)7-6-8-11(14)13(16)12(15)5-2/h4,6-9,12-13,15-16H,5H2,1-3H3. The first-order valence-corrected chi connectivity index (χ1v) is 5.85. The summed E-state index contributed by atoms with van der Waals surface area (Å²) in [6.45, 7) is 5.60. The lowest BCUT2D eigenvalue weighted by Crippen LogP contribution is -2.17. The summed E-state index contributed by atoms with van der Waals surface area (Å²) in [7, 11) is 0. The molecule has 2 N–H and O–H groups in total. The summed E-state index contributed by atoms with van der Waals surface area (Å²) in [5.74, 6) is 0.616. The molecule has 2 atom stereocenters. The summed E-state index contributed by atoms with van der Waals surface area (Å²) < 4.78 is 5.48. The van der Waals surface area contributed by atoms with Crippen LogP contribution in [0.1, 0.15) is 37.5 Å². The van der Waals surface area contributed by atoms with Crippen LogP contribution in [0.3, 0.4) is 0 Å². The molecule has 17 heavy (non-hydrogen) atoms. The van der Waals surface area contributed by atoms with Crippen molar-refractivity contribution in [3.8, 4) is 5.75 Å². The zero-order valence-corrected chi connectivity index (χ0v) is 10.6. The van der Waals surface area contributed by atoms with E-state index in [4.69, 9.17) is 4.74 Å². The zero-order chi connectivity index (χ0) is 12.8. The van der Waals surface area contributed by atoms with Gasteiger partial charge in [0.15, 0.2) is 0 Å². The summed E-state index contributed by atoms with van der Waals surface area (Å²) in [6, 6.07) is 5.53. The molecule has 2 unspecified atom stereocenters. The van der Waals surface area contributed by atoms with Gasteiger partial charge in [0, 0.05) is 5.56 Å². The van der Waals surface area contributed by atoms with Gasteiger partial charge in [0.25, 0.3) is 0 Å². The van der Waals surface area contributed by atoms with Crippen LogP contribution in [0.25, 0.3) is 0 Å². The Bertz CT molecular complexity index is 385. The maximum Gasteiger partial charge on any atom is 0.135 e. The molecule has 94 valence electrons. The van der Waals surface area contributed by atoms with E-state index in [2.05, 4.69) is 0 Å². The van der Waals surface area contributed by atoms with Gasteiger partial charge >= 0.3 is 0 Å². The van der Waals surface area contributed by atoms with Gasteiger partial charge in [0.1, 0.15) is 11.9 Å². The van der Waals surface area contributed by atoms with Crippen molar-refractivity contribution >= 4 is 0 Å². The number of hydrogen-bond donors (Lipinski definition) is 2. The van der Waals surface area contributed by atoms with E-state index in [1.807, 2.05) is 32.9 Å². The molecule has 0 radical (unpaired) electrons. The number of aliphatic hydroxyl groups excluding tert-OH is 2. The number of aryl methyl sites for hydroxylation is 1.